The minimum absolute atomic E-state index is 0.0843. The number of hydrogen-bond donors (Lipinski definition) is 0. The summed E-state index contributed by atoms with van der Waals surface area (Å²) in [5.41, 5.74) is 1.89. The fourth-order valence-corrected chi connectivity index (χ4v) is 6.36. The summed E-state index contributed by atoms with van der Waals surface area (Å²) in [5, 5.41) is 0.615. The van der Waals surface area contributed by atoms with Crippen LogP contribution in [0.5, 0.6) is 0 Å². The highest BCUT2D eigenvalue weighted by Gasteiger charge is 2.33. The standard InChI is InChI=1S/C29H40ClN3O4S/c1-4-6-7-28(34)31-19-16-26(17-20-31)33(21-24-10-12-25(30)13-11-24)29(35)22-32(18-5-2)38(36,37)27-14-8-23(3)9-15-27/h8-15,26H,4-7,16-22H2,1-3H3. The third-order valence-electron chi connectivity index (χ3n) is 7.03. The predicted octanol–water partition coefficient (Wildman–Crippen LogP) is 5.26. The van der Waals surface area contributed by atoms with Gasteiger partial charge in [-0.05, 0) is 62.4 Å². The number of benzene rings is 2. The van der Waals surface area contributed by atoms with Gasteiger partial charge in [-0.15, -0.1) is 0 Å². The van der Waals surface area contributed by atoms with Gasteiger partial charge >= 0.3 is 0 Å². The minimum Gasteiger partial charge on any atom is -0.343 e. The van der Waals surface area contributed by atoms with Crippen molar-refractivity contribution in [2.24, 2.45) is 0 Å². The highest BCUT2D eigenvalue weighted by atomic mass is 35.5. The van der Waals surface area contributed by atoms with Gasteiger partial charge in [0.05, 0.1) is 11.4 Å². The first-order chi connectivity index (χ1) is 18.1. The van der Waals surface area contributed by atoms with Crippen LogP contribution in [0.4, 0.5) is 0 Å². The Balaban J connectivity index is 1.80. The smallest absolute Gasteiger partial charge is 0.243 e. The zero-order valence-electron chi connectivity index (χ0n) is 22.7. The van der Waals surface area contributed by atoms with Crippen molar-refractivity contribution in [2.45, 2.75) is 76.8 Å². The zero-order valence-corrected chi connectivity index (χ0v) is 24.3. The first-order valence-corrected chi connectivity index (χ1v) is 15.4. The Morgan fingerprint density at radius 3 is 2.18 bits per heavy atom. The van der Waals surface area contributed by atoms with Crippen LogP contribution in [0.3, 0.4) is 0 Å². The lowest BCUT2D eigenvalue weighted by molar-refractivity contribution is -0.137. The maximum absolute atomic E-state index is 13.8. The zero-order chi connectivity index (χ0) is 27.7. The van der Waals surface area contributed by atoms with E-state index in [4.69, 9.17) is 11.6 Å². The number of halogens is 1. The molecule has 1 aliphatic rings. The summed E-state index contributed by atoms with van der Waals surface area (Å²) in [6.07, 6.45) is 4.32. The Labute approximate surface area is 232 Å². The molecule has 0 N–H and O–H groups in total. The van der Waals surface area contributed by atoms with Crippen LogP contribution < -0.4 is 0 Å². The van der Waals surface area contributed by atoms with Crippen LogP contribution >= 0.6 is 11.6 Å². The molecule has 7 nitrogen and oxygen atoms in total. The lowest BCUT2D eigenvalue weighted by Gasteiger charge is -2.39. The molecular weight excluding hydrogens is 522 g/mol. The number of amides is 2. The van der Waals surface area contributed by atoms with Gasteiger partial charge in [0.15, 0.2) is 0 Å². The Morgan fingerprint density at radius 2 is 1.61 bits per heavy atom. The van der Waals surface area contributed by atoms with Gasteiger partial charge in [0.2, 0.25) is 21.8 Å². The van der Waals surface area contributed by atoms with E-state index in [0.717, 1.165) is 24.0 Å². The lowest BCUT2D eigenvalue weighted by atomic mass is 10.0. The van der Waals surface area contributed by atoms with E-state index in [0.29, 0.717) is 50.3 Å². The van der Waals surface area contributed by atoms with E-state index in [1.807, 2.05) is 30.9 Å². The maximum Gasteiger partial charge on any atom is 0.243 e. The van der Waals surface area contributed by atoms with Crippen LogP contribution in [-0.2, 0) is 26.2 Å². The van der Waals surface area contributed by atoms with Gasteiger partial charge in [0.25, 0.3) is 0 Å². The van der Waals surface area contributed by atoms with Crippen molar-refractivity contribution in [1.29, 1.82) is 0 Å². The van der Waals surface area contributed by atoms with Crippen LogP contribution in [0.2, 0.25) is 5.02 Å². The number of nitrogens with zero attached hydrogens (tertiary/aromatic N) is 3. The van der Waals surface area contributed by atoms with E-state index in [-0.39, 0.29) is 35.8 Å². The molecule has 0 bridgehead atoms. The summed E-state index contributed by atoms with van der Waals surface area (Å²) >= 11 is 6.07. The number of carbonyl (C=O) groups is 2. The molecule has 0 aliphatic carbocycles. The van der Waals surface area contributed by atoms with E-state index >= 15 is 0 Å². The summed E-state index contributed by atoms with van der Waals surface area (Å²) in [4.78, 5) is 30.2. The van der Waals surface area contributed by atoms with Gasteiger partial charge in [-0.25, -0.2) is 8.42 Å². The van der Waals surface area contributed by atoms with E-state index in [2.05, 4.69) is 6.92 Å². The molecule has 9 heteroatoms. The molecule has 1 fully saturated rings. The van der Waals surface area contributed by atoms with E-state index in [9.17, 15) is 18.0 Å². The van der Waals surface area contributed by atoms with Crippen LogP contribution in [0.15, 0.2) is 53.4 Å². The van der Waals surface area contributed by atoms with E-state index < -0.39 is 10.0 Å². The largest absolute Gasteiger partial charge is 0.343 e. The van der Waals surface area contributed by atoms with Crippen molar-refractivity contribution < 1.29 is 18.0 Å². The van der Waals surface area contributed by atoms with Crippen LogP contribution in [-0.4, -0.2) is 66.6 Å². The summed E-state index contributed by atoms with van der Waals surface area (Å²) in [7, 11) is -3.83. The van der Waals surface area contributed by atoms with Gasteiger partial charge in [-0.2, -0.15) is 4.31 Å². The van der Waals surface area contributed by atoms with Gasteiger partial charge in [-0.1, -0.05) is 61.7 Å². The number of piperidine rings is 1. The predicted molar refractivity (Wildman–Crippen MR) is 151 cm³/mol. The second-order valence-electron chi connectivity index (χ2n) is 10.0. The topological polar surface area (TPSA) is 78.0 Å². The molecule has 0 aromatic heterocycles. The third kappa shape index (κ3) is 8.04. The van der Waals surface area contributed by atoms with Crippen molar-refractivity contribution in [3.63, 3.8) is 0 Å². The van der Waals surface area contributed by atoms with Crippen molar-refractivity contribution >= 4 is 33.4 Å². The molecule has 1 aliphatic heterocycles. The summed E-state index contributed by atoms with van der Waals surface area (Å²) < 4.78 is 28.2. The Kier molecular flexibility index (Phi) is 11.2. The number of rotatable bonds is 12. The van der Waals surface area contributed by atoms with Crippen molar-refractivity contribution in [3.05, 3.63) is 64.7 Å². The molecule has 0 spiro atoms. The van der Waals surface area contributed by atoms with Crippen molar-refractivity contribution in [3.8, 4) is 0 Å². The summed E-state index contributed by atoms with van der Waals surface area (Å²) in [6.45, 7) is 7.44. The molecule has 2 aromatic rings. The molecular formula is C29H40ClN3O4S. The van der Waals surface area contributed by atoms with Crippen molar-refractivity contribution in [2.75, 3.05) is 26.2 Å². The van der Waals surface area contributed by atoms with E-state index in [1.165, 1.54) is 4.31 Å². The normalized spacial score (nSPS) is 14.6. The molecule has 3 rings (SSSR count). The molecule has 0 atom stereocenters. The van der Waals surface area contributed by atoms with Gasteiger partial charge < -0.3 is 9.80 Å². The molecule has 2 amide bonds. The summed E-state index contributed by atoms with van der Waals surface area (Å²) in [6, 6.07) is 14.0. The van der Waals surface area contributed by atoms with Crippen LogP contribution in [0, 0.1) is 6.92 Å². The molecule has 38 heavy (non-hydrogen) atoms. The van der Waals surface area contributed by atoms with Crippen molar-refractivity contribution in [1.82, 2.24) is 14.1 Å². The maximum atomic E-state index is 13.8. The number of unbranched alkanes of at least 4 members (excludes halogenated alkanes) is 1. The Bertz CT molecular complexity index is 1160. The lowest BCUT2D eigenvalue weighted by Crippen LogP contribution is -2.51. The second-order valence-corrected chi connectivity index (χ2v) is 12.4. The van der Waals surface area contributed by atoms with Crippen LogP contribution in [0.1, 0.15) is 63.5 Å². The molecule has 0 radical (unpaired) electrons. The minimum atomic E-state index is -3.83. The fraction of sp³-hybridized carbons (Fsp3) is 0.517. The van der Waals surface area contributed by atoms with E-state index in [1.54, 1.807) is 41.3 Å². The molecule has 0 saturated carbocycles. The average molecular weight is 562 g/mol. The first-order valence-electron chi connectivity index (χ1n) is 13.5. The third-order valence-corrected chi connectivity index (χ3v) is 9.14. The number of sulfonamides is 1. The van der Waals surface area contributed by atoms with Gasteiger partial charge in [-0.3, -0.25) is 9.59 Å². The monoisotopic (exact) mass is 561 g/mol. The fourth-order valence-electron chi connectivity index (χ4n) is 4.76. The summed E-state index contributed by atoms with van der Waals surface area (Å²) in [5.74, 6) is -0.0703. The Hall–Kier alpha value is -2.42. The van der Waals surface area contributed by atoms with Gasteiger partial charge in [0, 0.05) is 43.7 Å². The average Bonchev–Trinajstić information content (AvgIpc) is 2.91. The molecule has 0 unspecified atom stereocenters. The number of likely N-dealkylation sites (tertiary alicyclic amines) is 1. The quantitative estimate of drug-likeness (QED) is 0.354. The SMILES string of the molecule is CCCCC(=O)N1CCC(N(Cc2ccc(Cl)cc2)C(=O)CN(CCC)S(=O)(=O)c2ccc(C)cc2)CC1. The van der Waals surface area contributed by atoms with Gasteiger partial charge in [0.1, 0.15) is 0 Å². The number of carbonyl (C=O) groups excluding carboxylic acids is 2. The molecule has 1 saturated heterocycles. The molecule has 1 heterocycles. The highest BCUT2D eigenvalue weighted by molar-refractivity contribution is 7.89. The van der Waals surface area contributed by atoms with Crippen LogP contribution in [0.25, 0.3) is 0 Å². The number of aryl methyl sites for hydroxylation is 1. The molecule has 2 aromatic carbocycles. The highest BCUT2D eigenvalue weighted by Crippen LogP contribution is 2.23. The second kappa shape index (κ2) is 14.1. The first kappa shape index (κ1) is 30.1. The Morgan fingerprint density at radius 1 is 0.974 bits per heavy atom. The number of hydrogen-bond acceptors (Lipinski definition) is 4. The molecule has 208 valence electrons.